The van der Waals surface area contributed by atoms with Crippen molar-refractivity contribution in [3.8, 4) is 5.75 Å². The Balaban J connectivity index is 2.50. The largest absolute Gasteiger partial charge is 0.507 e. The van der Waals surface area contributed by atoms with Crippen molar-refractivity contribution in [1.29, 1.82) is 0 Å². The van der Waals surface area contributed by atoms with Gasteiger partial charge in [-0.2, -0.15) is 0 Å². The van der Waals surface area contributed by atoms with Gasteiger partial charge in [0.05, 0.1) is 5.56 Å². The van der Waals surface area contributed by atoms with E-state index in [-0.39, 0.29) is 11.7 Å². The van der Waals surface area contributed by atoms with Crippen LogP contribution in [0.1, 0.15) is 49.5 Å². The zero-order valence-electron chi connectivity index (χ0n) is 10.0. The highest BCUT2D eigenvalue weighted by atomic mass is 16.4. The van der Waals surface area contributed by atoms with E-state index in [1.807, 2.05) is 13.8 Å². The predicted octanol–water partition coefficient (Wildman–Crippen LogP) is 2.73. The van der Waals surface area contributed by atoms with Crippen LogP contribution in [-0.2, 0) is 6.42 Å². The fourth-order valence-corrected chi connectivity index (χ4v) is 2.04. The van der Waals surface area contributed by atoms with Crippen molar-refractivity contribution in [3.05, 3.63) is 27.3 Å². The van der Waals surface area contributed by atoms with Gasteiger partial charge in [0.1, 0.15) is 11.5 Å². The average molecular weight is 222 g/mol. The van der Waals surface area contributed by atoms with Gasteiger partial charge in [0.25, 0.3) is 0 Å². The zero-order valence-corrected chi connectivity index (χ0v) is 10.0. The molecule has 1 aliphatic rings. The van der Waals surface area contributed by atoms with E-state index in [4.69, 9.17) is 4.42 Å². The first kappa shape index (κ1) is 11.2. The Hall–Kier alpha value is -1.25. The number of hydrogen-bond acceptors (Lipinski definition) is 3. The van der Waals surface area contributed by atoms with Crippen LogP contribution < -0.4 is 5.63 Å². The Morgan fingerprint density at radius 3 is 2.56 bits per heavy atom. The molecule has 0 saturated heterocycles. The Kier molecular flexibility index (Phi) is 2.78. The summed E-state index contributed by atoms with van der Waals surface area (Å²) in [6.07, 6.45) is 3.27. The van der Waals surface area contributed by atoms with Crippen molar-refractivity contribution in [2.75, 3.05) is 0 Å². The molecule has 3 heteroatoms. The van der Waals surface area contributed by atoms with Crippen LogP contribution in [0.5, 0.6) is 5.75 Å². The van der Waals surface area contributed by atoms with E-state index in [9.17, 15) is 9.90 Å². The van der Waals surface area contributed by atoms with E-state index in [1.54, 1.807) is 6.92 Å². The number of rotatable bonds is 3. The third-order valence-electron chi connectivity index (χ3n) is 3.20. The molecule has 1 fully saturated rings. The van der Waals surface area contributed by atoms with Crippen LogP contribution in [0.15, 0.2) is 9.21 Å². The van der Waals surface area contributed by atoms with Gasteiger partial charge in [0, 0.05) is 5.56 Å². The molecule has 0 amide bonds. The fraction of sp³-hybridized carbons (Fsp3) is 0.615. The van der Waals surface area contributed by atoms with Crippen LogP contribution in [0, 0.1) is 12.8 Å². The molecule has 0 bridgehead atoms. The van der Waals surface area contributed by atoms with E-state index in [0.29, 0.717) is 17.2 Å². The first-order valence-electron chi connectivity index (χ1n) is 5.86. The first-order valence-corrected chi connectivity index (χ1v) is 5.86. The first-order chi connectivity index (χ1) is 7.50. The van der Waals surface area contributed by atoms with Gasteiger partial charge < -0.3 is 9.52 Å². The summed E-state index contributed by atoms with van der Waals surface area (Å²) in [7, 11) is 0. The molecule has 1 aromatic rings. The summed E-state index contributed by atoms with van der Waals surface area (Å²) in [5.41, 5.74) is 0.844. The molecule has 0 radical (unpaired) electrons. The molecule has 88 valence electrons. The van der Waals surface area contributed by atoms with Crippen LogP contribution in [0.2, 0.25) is 0 Å². The smallest absolute Gasteiger partial charge is 0.343 e. The highest BCUT2D eigenvalue weighted by Gasteiger charge is 2.27. The standard InChI is InChI=1S/C13H18O3/c1-7(2)11-12(14)10(6-9-4-5-9)8(3)16-13(11)15/h7,9,14H,4-6H2,1-3H3. The molecule has 1 saturated carbocycles. The second-order valence-electron chi connectivity index (χ2n) is 4.99. The van der Waals surface area contributed by atoms with Crippen molar-refractivity contribution in [2.24, 2.45) is 5.92 Å². The maximum atomic E-state index is 11.6. The minimum absolute atomic E-state index is 0.00481. The summed E-state index contributed by atoms with van der Waals surface area (Å²) in [4.78, 5) is 11.6. The molecule has 3 nitrogen and oxygen atoms in total. The zero-order chi connectivity index (χ0) is 11.9. The second-order valence-corrected chi connectivity index (χ2v) is 4.99. The minimum Gasteiger partial charge on any atom is -0.507 e. The van der Waals surface area contributed by atoms with Gasteiger partial charge in [-0.3, -0.25) is 0 Å². The van der Waals surface area contributed by atoms with Gasteiger partial charge in [0.2, 0.25) is 0 Å². The van der Waals surface area contributed by atoms with Crippen molar-refractivity contribution in [1.82, 2.24) is 0 Å². The minimum atomic E-state index is -0.399. The lowest BCUT2D eigenvalue weighted by atomic mass is 9.98. The second kappa shape index (κ2) is 3.96. The lowest BCUT2D eigenvalue weighted by molar-refractivity contribution is 0.404. The molecule has 0 atom stereocenters. The summed E-state index contributed by atoms with van der Waals surface area (Å²) in [6.45, 7) is 5.54. The molecule has 0 spiro atoms. The topological polar surface area (TPSA) is 50.4 Å². The van der Waals surface area contributed by atoms with Crippen molar-refractivity contribution in [2.45, 2.75) is 46.0 Å². The summed E-state index contributed by atoms with van der Waals surface area (Å²) in [5.74, 6) is 1.39. The molecule has 1 heterocycles. The Morgan fingerprint density at radius 2 is 2.06 bits per heavy atom. The monoisotopic (exact) mass is 222 g/mol. The van der Waals surface area contributed by atoms with E-state index in [1.165, 1.54) is 12.8 Å². The van der Waals surface area contributed by atoms with E-state index < -0.39 is 5.63 Å². The summed E-state index contributed by atoms with van der Waals surface area (Å²) in [5, 5.41) is 10.1. The van der Waals surface area contributed by atoms with Gasteiger partial charge in [-0.1, -0.05) is 13.8 Å². The lowest BCUT2D eigenvalue weighted by Gasteiger charge is -2.12. The Labute approximate surface area is 95.1 Å². The molecule has 0 aromatic carbocycles. The van der Waals surface area contributed by atoms with Crippen molar-refractivity contribution in [3.63, 3.8) is 0 Å². The van der Waals surface area contributed by atoms with Gasteiger partial charge in [0.15, 0.2) is 0 Å². The molecule has 1 aromatic heterocycles. The van der Waals surface area contributed by atoms with Crippen LogP contribution >= 0.6 is 0 Å². The van der Waals surface area contributed by atoms with E-state index >= 15 is 0 Å². The number of aryl methyl sites for hydroxylation is 1. The third kappa shape index (κ3) is 1.99. The van der Waals surface area contributed by atoms with Crippen LogP contribution in [0.4, 0.5) is 0 Å². The maximum absolute atomic E-state index is 11.6. The van der Waals surface area contributed by atoms with Gasteiger partial charge in [-0.15, -0.1) is 0 Å². The quantitative estimate of drug-likeness (QED) is 0.855. The van der Waals surface area contributed by atoms with Gasteiger partial charge in [-0.05, 0) is 38.0 Å². The molecule has 1 aliphatic carbocycles. The Morgan fingerprint density at radius 1 is 1.44 bits per heavy atom. The SMILES string of the molecule is Cc1oc(=O)c(C(C)C)c(O)c1CC1CC1. The number of hydrogen-bond donors (Lipinski definition) is 1. The third-order valence-corrected chi connectivity index (χ3v) is 3.20. The summed E-state index contributed by atoms with van der Waals surface area (Å²) >= 11 is 0. The molecule has 16 heavy (non-hydrogen) atoms. The molecule has 1 N–H and O–H groups in total. The normalized spacial score (nSPS) is 15.8. The van der Waals surface area contributed by atoms with Crippen molar-refractivity contribution < 1.29 is 9.52 Å². The predicted molar refractivity (Wildman–Crippen MR) is 61.9 cm³/mol. The highest BCUT2D eigenvalue weighted by Crippen LogP contribution is 2.37. The summed E-state index contributed by atoms with van der Waals surface area (Å²) < 4.78 is 5.19. The van der Waals surface area contributed by atoms with E-state index in [0.717, 1.165) is 12.0 Å². The van der Waals surface area contributed by atoms with Gasteiger partial charge >= 0.3 is 5.63 Å². The van der Waals surface area contributed by atoms with Crippen LogP contribution in [0.25, 0.3) is 0 Å². The molecule has 2 rings (SSSR count). The van der Waals surface area contributed by atoms with Crippen LogP contribution in [-0.4, -0.2) is 5.11 Å². The molecule has 0 unspecified atom stereocenters. The molecular weight excluding hydrogens is 204 g/mol. The molecule has 0 aliphatic heterocycles. The van der Waals surface area contributed by atoms with E-state index in [2.05, 4.69) is 0 Å². The maximum Gasteiger partial charge on any atom is 0.343 e. The molecular formula is C13H18O3. The van der Waals surface area contributed by atoms with Gasteiger partial charge in [-0.25, -0.2) is 4.79 Å². The average Bonchev–Trinajstić information content (AvgIpc) is 2.94. The summed E-state index contributed by atoms with van der Waals surface area (Å²) in [6, 6.07) is 0. The fourth-order valence-electron chi connectivity index (χ4n) is 2.04. The highest BCUT2D eigenvalue weighted by molar-refractivity contribution is 5.41. The number of aromatic hydroxyl groups is 1. The Bertz CT molecular complexity index is 453. The lowest BCUT2D eigenvalue weighted by Crippen LogP contribution is -2.12. The van der Waals surface area contributed by atoms with Crippen molar-refractivity contribution >= 4 is 0 Å². The van der Waals surface area contributed by atoms with Crippen LogP contribution in [0.3, 0.4) is 0 Å².